The number of rotatable bonds is 6. The van der Waals surface area contributed by atoms with Gasteiger partial charge in [-0.1, -0.05) is 173 Å². The van der Waals surface area contributed by atoms with Gasteiger partial charge in [-0.15, -0.1) is 0 Å². The van der Waals surface area contributed by atoms with Gasteiger partial charge >= 0.3 is 0 Å². The van der Waals surface area contributed by atoms with E-state index in [-0.39, 0.29) is 10.8 Å². The second kappa shape index (κ2) is 14.5. The Bertz CT molecular complexity index is 3550. The molecule has 0 bridgehead atoms. The van der Waals surface area contributed by atoms with Crippen LogP contribution in [0.1, 0.15) is 51.7 Å². The van der Waals surface area contributed by atoms with Gasteiger partial charge in [0.1, 0.15) is 0 Å². The van der Waals surface area contributed by atoms with Crippen LogP contribution in [0.5, 0.6) is 0 Å². The molecular formula is C59H47N5. The van der Waals surface area contributed by atoms with Crippen molar-refractivity contribution in [1.82, 2.24) is 24.1 Å². The molecule has 64 heavy (non-hydrogen) atoms. The summed E-state index contributed by atoms with van der Waals surface area (Å²) in [6.07, 6.45) is 2.37. The number of fused-ring (bicyclic) bond motifs is 7. The lowest BCUT2D eigenvalue weighted by Gasteiger charge is -2.43. The summed E-state index contributed by atoms with van der Waals surface area (Å²) in [6.45, 7) is 9.65. The molecule has 0 saturated heterocycles. The molecule has 3 heterocycles. The zero-order valence-corrected chi connectivity index (χ0v) is 36.5. The Hall–Kier alpha value is -7.63. The Kier molecular flexibility index (Phi) is 8.61. The highest BCUT2D eigenvalue weighted by Gasteiger charge is 2.38. The third-order valence-electron chi connectivity index (χ3n) is 13.8. The van der Waals surface area contributed by atoms with Crippen LogP contribution in [-0.2, 0) is 10.8 Å². The predicted molar refractivity (Wildman–Crippen MR) is 266 cm³/mol. The van der Waals surface area contributed by atoms with E-state index in [0.717, 1.165) is 49.7 Å². The molecule has 5 nitrogen and oxygen atoms in total. The molecule has 12 rings (SSSR count). The van der Waals surface area contributed by atoms with Gasteiger partial charge in [0.05, 0.1) is 22.1 Å². The summed E-state index contributed by atoms with van der Waals surface area (Å²) in [5.74, 6) is 1.84. The normalized spacial score (nSPS) is 14.4. The van der Waals surface area contributed by atoms with Crippen LogP contribution in [0.25, 0.3) is 100 Å². The van der Waals surface area contributed by atoms with Gasteiger partial charge in [-0.2, -0.15) is 9.97 Å². The SMILES string of the molecule is CC1(C)CCC(C)(C)c2c(-c3cccc(-c4cccc(-n5c6ccccc6c6cc7c8ccccc8n(-c8nc(-c9ccccc9)nc(-c9ccccc9)n8)c7cc65)c4)c3)cccc21. The molecule has 308 valence electrons. The van der Waals surface area contributed by atoms with Gasteiger partial charge in [0, 0.05) is 38.4 Å². The second-order valence-electron chi connectivity index (χ2n) is 18.7. The number of hydrogen-bond acceptors (Lipinski definition) is 3. The number of aromatic nitrogens is 5. The minimum Gasteiger partial charge on any atom is -0.309 e. The van der Waals surface area contributed by atoms with E-state index < -0.39 is 0 Å². The van der Waals surface area contributed by atoms with Crippen LogP contribution >= 0.6 is 0 Å². The van der Waals surface area contributed by atoms with Crippen molar-refractivity contribution in [3.05, 3.63) is 199 Å². The van der Waals surface area contributed by atoms with E-state index in [1.54, 1.807) is 0 Å². The molecular weight excluding hydrogens is 779 g/mol. The fourth-order valence-electron chi connectivity index (χ4n) is 10.5. The maximum absolute atomic E-state index is 5.22. The summed E-state index contributed by atoms with van der Waals surface area (Å²) in [5, 5.41) is 4.70. The van der Waals surface area contributed by atoms with E-state index in [1.807, 2.05) is 36.4 Å². The molecule has 0 N–H and O–H groups in total. The fraction of sp³-hybridized carbons (Fsp3) is 0.136. The Morgan fingerprint density at radius 2 is 0.891 bits per heavy atom. The van der Waals surface area contributed by atoms with E-state index in [1.165, 1.54) is 57.0 Å². The number of nitrogens with zero attached hydrogens (tertiary/aromatic N) is 5. The molecule has 8 aromatic carbocycles. The minimum atomic E-state index is 0.100. The summed E-state index contributed by atoms with van der Waals surface area (Å²) in [5.41, 5.74) is 15.5. The molecule has 5 heteroatoms. The van der Waals surface area contributed by atoms with Gasteiger partial charge < -0.3 is 4.57 Å². The van der Waals surface area contributed by atoms with Gasteiger partial charge in [0.25, 0.3) is 0 Å². The standard InChI is InChI=1S/C59H47N5/c1-58(2)32-33-59(3,4)54-44(28-17-29-49(54)58)42-24-15-22-40(34-42)41-23-16-25-43(35-41)63-50-30-13-11-26-45(50)47-36-48-46-27-12-14-31-51(46)64(53(48)37-52(47)63)57-61-55(38-18-7-5-8-19-38)60-56(62-57)39-20-9-6-10-21-39/h5-31,34-37H,32-33H2,1-4H3. The van der Waals surface area contributed by atoms with E-state index in [4.69, 9.17) is 15.0 Å². The van der Waals surface area contributed by atoms with Crippen LogP contribution in [0.2, 0.25) is 0 Å². The molecule has 0 atom stereocenters. The fourth-order valence-corrected chi connectivity index (χ4v) is 10.5. The zero-order valence-electron chi connectivity index (χ0n) is 36.5. The third kappa shape index (κ3) is 6.10. The van der Waals surface area contributed by atoms with Crippen molar-refractivity contribution < 1.29 is 0 Å². The maximum atomic E-state index is 5.22. The Labute approximate surface area is 373 Å². The van der Waals surface area contributed by atoms with Crippen molar-refractivity contribution in [3.63, 3.8) is 0 Å². The first-order chi connectivity index (χ1) is 31.2. The molecule has 0 radical (unpaired) electrons. The van der Waals surface area contributed by atoms with Crippen molar-refractivity contribution in [2.45, 2.75) is 51.4 Å². The zero-order chi connectivity index (χ0) is 43.2. The highest BCUT2D eigenvalue weighted by Crippen LogP contribution is 2.50. The number of hydrogen-bond donors (Lipinski definition) is 0. The lowest BCUT2D eigenvalue weighted by atomic mass is 9.61. The highest BCUT2D eigenvalue weighted by atomic mass is 15.2. The van der Waals surface area contributed by atoms with Crippen molar-refractivity contribution in [2.75, 3.05) is 0 Å². The number of para-hydroxylation sites is 2. The molecule has 1 aliphatic rings. The topological polar surface area (TPSA) is 48.5 Å². The van der Waals surface area contributed by atoms with Crippen LogP contribution in [0.4, 0.5) is 0 Å². The van der Waals surface area contributed by atoms with Crippen LogP contribution in [0.15, 0.2) is 188 Å². The molecule has 3 aromatic heterocycles. The van der Waals surface area contributed by atoms with Crippen LogP contribution in [0.3, 0.4) is 0 Å². The predicted octanol–water partition coefficient (Wildman–Crippen LogP) is 15.1. The van der Waals surface area contributed by atoms with Crippen molar-refractivity contribution in [3.8, 4) is 56.7 Å². The Morgan fingerprint density at radius 3 is 1.56 bits per heavy atom. The van der Waals surface area contributed by atoms with Crippen molar-refractivity contribution in [1.29, 1.82) is 0 Å². The van der Waals surface area contributed by atoms with Gasteiger partial charge in [-0.05, 0) is 99.5 Å². The average Bonchev–Trinajstić information content (AvgIpc) is 3.84. The van der Waals surface area contributed by atoms with Crippen molar-refractivity contribution >= 4 is 43.6 Å². The van der Waals surface area contributed by atoms with E-state index in [0.29, 0.717) is 17.6 Å². The summed E-state index contributed by atoms with van der Waals surface area (Å²) < 4.78 is 4.65. The largest absolute Gasteiger partial charge is 0.309 e. The molecule has 11 aromatic rings. The monoisotopic (exact) mass is 825 g/mol. The molecule has 0 saturated carbocycles. The lowest BCUT2D eigenvalue weighted by Crippen LogP contribution is -2.34. The molecule has 1 aliphatic carbocycles. The number of benzene rings is 8. The van der Waals surface area contributed by atoms with Crippen molar-refractivity contribution in [2.24, 2.45) is 0 Å². The minimum absolute atomic E-state index is 0.100. The average molecular weight is 826 g/mol. The summed E-state index contributed by atoms with van der Waals surface area (Å²) in [4.78, 5) is 15.5. The lowest BCUT2D eigenvalue weighted by molar-refractivity contribution is 0.333. The van der Waals surface area contributed by atoms with Gasteiger partial charge in [-0.3, -0.25) is 4.57 Å². The first-order valence-electron chi connectivity index (χ1n) is 22.4. The quantitative estimate of drug-likeness (QED) is 0.168. The maximum Gasteiger partial charge on any atom is 0.238 e. The molecule has 0 aliphatic heterocycles. The highest BCUT2D eigenvalue weighted by molar-refractivity contribution is 6.19. The van der Waals surface area contributed by atoms with Crippen LogP contribution < -0.4 is 0 Å². The van der Waals surface area contributed by atoms with Crippen LogP contribution in [0, 0.1) is 0 Å². The molecule has 0 fully saturated rings. The first-order valence-corrected chi connectivity index (χ1v) is 22.4. The summed E-state index contributed by atoms with van der Waals surface area (Å²) >= 11 is 0. The summed E-state index contributed by atoms with van der Waals surface area (Å²) in [6, 6.07) is 67.6. The third-order valence-corrected chi connectivity index (χ3v) is 13.8. The molecule has 0 amide bonds. The molecule has 0 unspecified atom stereocenters. The van der Waals surface area contributed by atoms with Crippen LogP contribution in [-0.4, -0.2) is 24.1 Å². The van der Waals surface area contributed by atoms with E-state index >= 15 is 0 Å². The van der Waals surface area contributed by atoms with Gasteiger partial charge in [-0.25, -0.2) is 4.98 Å². The smallest absolute Gasteiger partial charge is 0.238 e. The molecule has 0 spiro atoms. The van der Waals surface area contributed by atoms with E-state index in [2.05, 4.69) is 188 Å². The Morgan fingerprint density at radius 1 is 0.375 bits per heavy atom. The van der Waals surface area contributed by atoms with Gasteiger partial charge in [0.2, 0.25) is 5.95 Å². The Balaban J connectivity index is 1.06. The summed E-state index contributed by atoms with van der Waals surface area (Å²) in [7, 11) is 0. The first kappa shape index (κ1) is 38.1. The van der Waals surface area contributed by atoms with Gasteiger partial charge in [0.15, 0.2) is 11.6 Å². The van der Waals surface area contributed by atoms with E-state index in [9.17, 15) is 0 Å². The second-order valence-corrected chi connectivity index (χ2v) is 18.7.